The zero-order valence-corrected chi connectivity index (χ0v) is 15.2. The average molecular weight is 399 g/mol. The molecule has 0 atom stereocenters. The van der Waals surface area contributed by atoms with Crippen molar-refractivity contribution < 1.29 is 14.5 Å². The van der Waals surface area contributed by atoms with Crippen molar-refractivity contribution in [3.05, 3.63) is 87.6 Å². The standard InChI is InChI=1S/C19H15ClN4O4/c20-14-5-2-6-15(11-14)22-19(25)23-18-17(8-3-9-21-18)28-12-13-4-1-7-16(10-13)24(26)27/h1-11H,12H2,(H2,21,22,23,25). The largest absolute Gasteiger partial charge is 0.485 e. The lowest BCUT2D eigenvalue weighted by atomic mass is 10.2. The van der Waals surface area contributed by atoms with E-state index in [1.807, 2.05) is 0 Å². The zero-order valence-electron chi connectivity index (χ0n) is 14.5. The van der Waals surface area contributed by atoms with E-state index in [1.165, 1.54) is 18.3 Å². The lowest BCUT2D eigenvalue weighted by Crippen LogP contribution is -2.20. The van der Waals surface area contributed by atoms with E-state index in [2.05, 4.69) is 15.6 Å². The fourth-order valence-corrected chi connectivity index (χ4v) is 2.55. The molecule has 28 heavy (non-hydrogen) atoms. The highest BCUT2D eigenvalue weighted by molar-refractivity contribution is 6.30. The summed E-state index contributed by atoms with van der Waals surface area (Å²) in [6, 6.07) is 15.6. The molecule has 142 valence electrons. The molecule has 0 bridgehead atoms. The lowest BCUT2D eigenvalue weighted by molar-refractivity contribution is -0.384. The number of halogens is 1. The first-order valence-corrected chi connectivity index (χ1v) is 8.54. The van der Waals surface area contributed by atoms with Crippen LogP contribution in [0.5, 0.6) is 5.75 Å². The van der Waals surface area contributed by atoms with Crippen LogP contribution in [0.1, 0.15) is 5.56 Å². The number of hydrogen-bond acceptors (Lipinski definition) is 5. The summed E-state index contributed by atoms with van der Waals surface area (Å²) in [5, 5.41) is 16.6. The zero-order chi connectivity index (χ0) is 19.9. The number of amides is 2. The van der Waals surface area contributed by atoms with Crippen LogP contribution in [0.3, 0.4) is 0 Å². The molecule has 2 N–H and O–H groups in total. The van der Waals surface area contributed by atoms with Gasteiger partial charge in [0.2, 0.25) is 0 Å². The lowest BCUT2D eigenvalue weighted by Gasteiger charge is -2.12. The molecule has 0 spiro atoms. The Labute approximate surface area is 165 Å². The molecule has 1 aromatic heterocycles. The highest BCUT2D eigenvalue weighted by Crippen LogP contribution is 2.23. The molecule has 0 unspecified atom stereocenters. The highest BCUT2D eigenvalue weighted by atomic mass is 35.5. The van der Waals surface area contributed by atoms with E-state index in [0.717, 1.165) is 0 Å². The third-order valence-corrected chi connectivity index (χ3v) is 3.84. The predicted molar refractivity (Wildman–Crippen MR) is 106 cm³/mol. The summed E-state index contributed by atoms with van der Waals surface area (Å²) in [5.41, 5.74) is 1.12. The minimum atomic E-state index is -0.513. The Morgan fingerprint density at radius 3 is 2.71 bits per heavy atom. The topological polar surface area (TPSA) is 106 Å². The number of pyridine rings is 1. The van der Waals surface area contributed by atoms with E-state index in [9.17, 15) is 14.9 Å². The van der Waals surface area contributed by atoms with Crippen LogP contribution in [0.25, 0.3) is 0 Å². The van der Waals surface area contributed by atoms with Gasteiger partial charge in [-0.25, -0.2) is 9.78 Å². The van der Waals surface area contributed by atoms with Crippen LogP contribution >= 0.6 is 11.6 Å². The summed E-state index contributed by atoms with van der Waals surface area (Å²) in [5.74, 6) is 0.544. The summed E-state index contributed by atoms with van der Waals surface area (Å²) in [7, 11) is 0. The van der Waals surface area contributed by atoms with E-state index < -0.39 is 11.0 Å². The van der Waals surface area contributed by atoms with E-state index in [0.29, 0.717) is 22.0 Å². The van der Waals surface area contributed by atoms with Crippen molar-refractivity contribution in [2.24, 2.45) is 0 Å². The van der Waals surface area contributed by atoms with E-state index in [-0.39, 0.29) is 18.1 Å². The van der Waals surface area contributed by atoms with Gasteiger partial charge in [-0.3, -0.25) is 15.4 Å². The van der Waals surface area contributed by atoms with Crippen molar-refractivity contribution in [1.29, 1.82) is 0 Å². The Bertz CT molecular complexity index is 1010. The molecular weight excluding hydrogens is 384 g/mol. The smallest absolute Gasteiger partial charge is 0.324 e. The predicted octanol–water partition coefficient (Wildman–Crippen LogP) is 4.87. The van der Waals surface area contributed by atoms with Gasteiger partial charge in [-0.05, 0) is 35.9 Å². The fraction of sp³-hybridized carbons (Fsp3) is 0.0526. The quantitative estimate of drug-likeness (QED) is 0.455. The van der Waals surface area contributed by atoms with Crippen molar-refractivity contribution in [1.82, 2.24) is 4.98 Å². The Kier molecular flexibility index (Phi) is 6.03. The van der Waals surface area contributed by atoms with Crippen LogP contribution in [-0.2, 0) is 6.61 Å². The number of nitro benzene ring substituents is 1. The number of anilines is 2. The number of nitro groups is 1. The van der Waals surface area contributed by atoms with Crippen molar-refractivity contribution in [3.8, 4) is 5.75 Å². The molecule has 8 nitrogen and oxygen atoms in total. The Balaban J connectivity index is 1.66. The maximum Gasteiger partial charge on any atom is 0.324 e. The molecule has 2 aromatic carbocycles. The van der Waals surface area contributed by atoms with Crippen molar-refractivity contribution >= 4 is 34.8 Å². The second kappa shape index (κ2) is 8.83. The summed E-state index contributed by atoms with van der Waals surface area (Å²) in [6.45, 7) is 0.0813. The molecule has 2 amide bonds. The van der Waals surface area contributed by atoms with Crippen LogP contribution in [0.2, 0.25) is 5.02 Å². The molecule has 0 aliphatic carbocycles. The second-order valence-corrected chi connectivity index (χ2v) is 6.09. The first kappa shape index (κ1) is 19.1. The molecule has 0 aliphatic rings. The van der Waals surface area contributed by atoms with E-state index in [4.69, 9.17) is 16.3 Å². The Morgan fingerprint density at radius 2 is 1.93 bits per heavy atom. The summed E-state index contributed by atoms with van der Waals surface area (Å²) in [4.78, 5) is 26.7. The van der Waals surface area contributed by atoms with Crippen molar-refractivity contribution in [3.63, 3.8) is 0 Å². The highest BCUT2D eigenvalue weighted by Gasteiger charge is 2.11. The number of rotatable bonds is 6. The van der Waals surface area contributed by atoms with Gasteiger partial charge in [0.1, 0.15) is 6.61 Å². The van der Waals surface area contributed by atoms with Gasteiger partial charge in [-0.15, -0.1) is 0 Å². The van der Waals surface area contributed by atoms with Crippen LogP contribution in [0.4, 0.5) is 22.0 Å². The molecule has 0 aliphatic heterocycles. The van der Waals surface area contributed by atoms with Crippen molar-refractivity contribution in [2.45, 2.75) is 6.61 Å². The van der Waals surface area contributed by atoms with Gasteiger partial charge >= 0.3 is 6.03 Å². The number of carbonyl (C=O) groups is 1. The van der Waals surface area contributed by atoms with E-state index in [1.54, 1.807) is 48.5 Å². The molecular formula is C19H15ClN4O4. The molecule has 3 aromatic rings. The van der Waals surface area contributed by atoms with Gasteiger partial charge in [0, 0.05) is 29.0 Å². The first-order valence-electron chi connectivity index (χ1n) is 8.16. The first-order chi connectivity index (χ1) is 13.5. The fourth-order valence-electron chi connectivity index (χ4n) is 2.36. The monoisotopic (exact) mass is 398 g/mol. The molecule has 0 saturated heterocycles. The summed E-state index contributed by atoms with van der Waals surface area (Å²) >= 11 is 5.90. The van der Waals surface area contributed by atoms with Crippen molar-refractivity contribution in [2.75, 3.05) is 10.6 Å². The molecule has 1 heterocycles. The van der Waals surface area contributed by atoms with Gasteiger partial charge in [0.15, 0.2) is 11.6 Å². The molecule has 0 radical (unpaired) electrons. The second-order valence-electron chi connectivity index (χ2n) is 5.66. The van der Waals surface area contributed by atoms with Gasteiger partial charge < -0.3 is 10.1 Å². The van der Waals surface area contributed by atoms with Crippen LogP contribution in [0.15, 0.2) is 66.9 Å². The Hall–Kier alpha value is -3.65. The van der Waals surface area contributed by atoms with Crippen LogP contribution < -0.4 is 15.4 Å². The number of ether oxygens (including phenoxy) is 1. The van der Waals surface area contributed by atoms with Gasteiger partial charge in [-0.2, -0.15) is 0 Å². The van der Waals surface area contributed by atoms with Crippen LogP contribution in [-0.4, -0.2) is 15.9 Å². The summed E-state index contributed by atoms with van der Waals surface area (Å²) in [6.07, 6.45) is 1.51. The number of nitrogens with one attached hydrogen (secondary N) is 2. The minimum absolute atomic E-state index is 0.0217. The maximum atomic E-state index is 12.2. The maximum absolute atomic E-state index is 12.2. The number of nitrogens with zero attached hydrogens (tertiary/aromatic N) is 2. The average Bonchev–Trinajstić information content (AvgIpc) is 2.67. The number of non-ortho nitro benzene ring substituents is 1. The Morgan fingerprint density at radius 1 is 1.11 bits per heavy atom. The minimum Gasteiger partial charge on any atom is -0.485 e. The number of carbonyl (C=O) groups excluding carboxylic acids is 1. The van der Waals surface area contributed by atoms with Gasteiger partial charge in [-0.1, -0.05) is 29.8 Å². The summed E-state index contributed by atoms with van der Waals surface area (Å²) < 4.78 is 5.68. The number of hydrogen-bond donors (Lipinski definition) is 2. The third kappa shape index (κ3) is 5.18. The number of urea groups is 1. The van der Waals surface area contributed by atoms with Crippen LogP contribution in [0, 0.1) is 10.1 Å². The molecule has 0 fully saturated rings. The number of aromatic nitrogens is 1. The normalized spacial score (nSPS) is 10.2. The third-order valence-electron chi connectivity index (χ3n) is 3.60. The molecule has 9 heteroatoms. The van der Waals surface area contributed by atoms with E-state index >= 15 is 0 Å². The molecule has 0 saturated carbocycles. The molecule has 3 rings (SSSR count). The van der Waals surface area contributed by atoms with Gasteiger partial charge in [0.05, 0.1) is 4.92 Å². The van der Waals surface area contributed by atoms with Gasteiger partial charge in [0.25, 0.3) is 5.69 Å². The number of benzene rings is 2. The SMILES string of the molecule is O=C(Nc1cccc(Cl)c1)Nc1ncccc1OCc1cccc([N+](=O)[O-])c1.